The predicted octanol–water partition coefficient (Wildman–Crippen LogP) is 1.94. The summed E-state index contributed by atoms with van der Waals surface area (Å²) in [5.41, 5.74) is -0.763. The first kappa shape index (κ1) is 32.9. The molecule has 1 heterocycles. The van der Waals surface area contributed by atoms with E-state index in [1.54, 1.807) is 0 Å². The fourth-order valence-corrected chi connectivity index (χ4v) is 3.07. The largest absolute Gasteiger partial charge is 0.378 e. The van der Waals surface area contributed by atoms with Gasteiger partial charge in [-0.3, -0.25) is 0 Å². The van der Waals surface area contributed by atoms with E-state index >= 15 is 0 Å². The highest BCUT2D eigenvalue weighted by molar-refractivity contribution is 6.17. The minimum Gasteiger partial charge on any atom is -0.378 e. The Hall–Kier alpha value is -0.110. The molecule has 0 atom stereocenters. The Labute approximate surface area is 216 Å². The average Bonchev–Trinajstić information content (AvgIpc) is 2.87. The van der Waals surface area contributed by atoms with E-state index in [1.807, 2.05) is 0 Å². The van der Waals surface area contributed by atoms with Crippen LogP contribution in [0.15, 0.2) is 0 Å². The van der Waals surface area contributed by atoms with Crippen molar-refractivity contribution in [3.63, 3.8) is 0 Å². The molecule has 0 bridgehead atoms. The van der Waals surface area contributed by atoms with Crippen molar-refractivity contribution >= 4 is 11.6 Å². The Kier molecular flexibility index (Phi) is 24.0. The van der Waals surface area contributed by atoms with Crippen molar-refractivity contribution in [1.82, 2.24) is 0 Å². The average molecular weight is 531 g/mol. The standard InChI is InChI=1S/C24H47ClO10/c1-2-3-5-32-21-24(35-20-19-26-6-4-25)22-33-17-15-30-13-11-28-9-7-27-8-10-29-12-14-31-16-18-34-23-24/h2-23H2,1H3. The highest BCUT2D eigenvalue weighted by Gasteiger charge is 2.33. The highest BCUT2D eigenvalue weighted by atomic mass is 35.5. The molecular formula is C24H47ClO10. The third kappa shape index (κ3) is 20.6. The molecule has 0 spiro atoms. The molecule has 11 heteroatoms. The quantitative estimate of drug-likeness (QED) is 0.291. The molecule has 0 amide bonds. The molecule has 210 valence electrons. The van der Waals surface area contributed by atoms with Crippen LogP contribution in [0.4, 0.5) is 0 Å². The second kappa shape index (κ2) is 25.5. The molecule has 10 nitrogen and oxygen atoms in total. The van der Waals surface area contributed by atoms with Gasteiger partial charge >= 0.3 is 0 Å². The van der Waals surface area contributed by atoms with Crippen LogP contribution in [0.2, 0.25) is 0 Å². The third-order valence-corrected chi connectivity index (χ3v) is 4.98. The summed E-state index contributed by atoms with van der Waals surface area (Å²) in [5, 5.41) is 0. The molecule has 1 aliphatic rings. The molecule has 0 aromatic carbocycles. The zero-order chi connectivity index (χ0) is 25.1. The molecule has 35 heavy (non-hydrogen) atoms. The van der Waals surface area contributed by atoms with Gasteiger partial charge in [-0.1, -0.05) is 13.3 Å². The number of hydrogen-bond acceptors (Lipinski definition) is 10. The van der Waals surface area contributed by atoms with Gasteiger partial charge in [0.1, 0.15) is 5.60 Å². The van der Waals surface area contributed by atoms with Gasteiger partial charge in [0.2, 0.25) is 0 Å². The van der Waals surface area contributed by atoms with Crippen LogP contribution in [0.3, 0.4) is 0 Å². The summed E-state index contributed by atoms with van der Waals surface area (Å²) >= 11 is 5.68. The number of hydrogen-bond donors (Lipinski definition) is 0. The second-order valence-electron chi connectivity index (χ2n) is 7.91. The second-order valence-corrected chi connectivity index (χ2v) is 8.28. The fourth-order valence-electron chi connectivity index (χ4n) is 2.96. The van der Waals surface area contributed by atoms with Gasteiger partial charge in [0.15, 0.2) is 0 Å². The summed E-state index contributed by atoms with van der Waals surface area (Å²) < 4.78 is 57.0. The van der Waals surface area contributed by atoms with Crippen LogP contribution in [0.1, 0.15) is 19.8 Å². The lowest BCUT2D eigenvalue weighted by Gasteiger charge is -2.33. The topological polar surface area (TPSA) is 92.3 Å². The van der Waals surface area contributed by atoms with Crippen LogP contribution in [-0.4, -0.2) is 137 Å². The summed E-state index contributed by atoms with van der Waals surface area (Å²) in [7, 11) is 0. The van der Waals surface area contributed by atoms with Crippen molar-refractivity contribution in [2.45, 2.75) is 25.4 Å². The molecule has 1 saturated heterocycles. The number of halogens is 1. The van der Waals surface area contributed by atoms with E-state index < -0.39 is 5.60 Å². The number of unbranched alkanes of at least 4 members (excludes halogenated alkanes) is 1. The number of alkyl halides is 1. The lowest BCUT2D eigenvalue weighted by Crippen LogP contribution is -2.48. The minimum absolute atomic E-state index is 0.306. The van der Waals surface area contributed by atoms with E-state index in [0.717, 1.165) is 12.8 Å². The van der Waals surface area contributed by atoms with Gasteiger partial charge in [-0.25, -0.2) is 0 Å². The monoisotopic (exact) mass is 530 g/mol. The normalized spacial score (nSPS) is 21.1. The van der Waals surface area contributed by atoms with Gasteiger partial charge in [0, 0.05) is 12.5 Å². The highest BCUT2D eigenvalue weighted by Crippen LogP contribution is 2.15. The molecule has 0 aliphatic carbocycles. The Balaban J connectivity index is 2.58. The molecule has 1 fully saturated rings. The minimum atomic E-state index is -0.763. The van der Waals surface area contributed by atoms with Gasteiger partial charge in [-0.05, 0) is 6.42 Å². The van der Waals surface area contributed by atoms with Crippen LogP contribution in [0.25, 0.3) is 0 Å². The summed E-state index contributed by atoms with van der Waals surface area (Å²) in [5.74, 6) is 0.446. The van der Waals surface area contributed by atoms with Gasteiger partial charge in [0.05, 0.1) is 119 Å². The summed E-state index contributed by atoms with van der Waals surface area (Å²) in [6.45, 7) is 10.9. The summed E-state index contributed by atoms with van der Waals surface area (Å²) in [6, 6.07) is 0. The zero-order valence-electron chi connectivity index (χ0n) is 21.5. The van der Waals surface area contributed by atoms with Crippen LogP contribution in [0.5, 0.6) is 0 Å². The summed E-state index contributed by atoms with van der Waals surface area (Å²) in [6.07, 6.45) is 2.04. The van der Waals surface area contributed by atoms with Gasteiger partial charge in [-0.15, -0.1) is 11.6 Å². The first-order valence-corrected chi connectivity index (χ1v) is 13.3. The Morgan fingerprint density at radius 2 is 1.03 bits per heavy atom. The molecule has 0 radical (unpaired) electrons. The van der Waals surface area contributed by atoms with Crippen LogP contribution >= 0.6 is 11.6 Å². The van der Waals surface area contributed by atoms with Gasteiger partial charge < -0.3 is 47.4 Å². The maximum atomic E-state index is 6.22. The van der Waals surface area contributed by atoms with E-state index in [-0.39, 0.29) is 0 Å². The van der Waals surface area contributed by atoms with Crippen molar-refractivity contribution in [2.24, 2.45) is 0 Å². The first-order chi connectivity index (χ1) is 17.3. The molecule has 1 aliphatic heterocycles. The Morgan fingerprint density at radius 3 is 1.46 bits per heavy atom. The lowest BCUT2D eigenvalue weighted by atomic mass is 10.1. The Bertz CT molecular complexity index is 411. The molecule has 0 unspecified atom stereocenters. The van der Waals surface area contributed by atoms with Crippen LogP contribution < -0.4 is 0 Å². The first-order valence-electron chi connectivity index (χ1n) is 12.7. The van der Waals surface area contributed by atoms with E-state index in [0.29, 0.717) is 131 Å². The van der Waals surface area contributed by atoms with Crippen molar-refractivity contribution in [3.8, 4) is 0 Å². The van der Waals surface area contributed by atoms with Crippen molar-refractivity contribution in [2.75, 3.05) is 131 Å². The van der Waals surface area contributed by atoms with E-state index in [2.05, 4.69) is 6.92 Å². The SMILES string of the molecule is CCCCOCC1(OCCOCCCl)COCCOCCOCCOCCOCCOCCOC1. The smallest absolute Gasteiger partial charge is 0.138 e. The maximum absolute atomic E-state index is 6.22. The van der Waals surface area contributed by atoms with Gasteiger partial charge in [0.25, 0.3) is 0 Å². The lowest BCUT2D eigenvalue weighted by molar-refractivity contribution is -0.176. The third-order valence-electron chi connectivity index (χ3n) is 4.83. The van der Waals surface area contributed by atoms with Crippen LogP contribution in [-0.2, 0) is 47.4 Å². The molecular weight excluding hydrogens is 484 g/mol. The predicted molar refractivity (Wildman–Crippen MR) is 132 cm³/mol. The zero-order valence-corrected chi connectivity index (χ0v) is 22.3. The molecule has 0 saturated carbocycles. The molecule has 1 rings (SSSR count). The molecule has 0 aromatic heterocycles. The van der Waals surface area contributed by atoms with E-state index in [9.17, 15) is 0 Å². The van der Waals surface area contributed by atoms with Gasteiger partial charge in [-0.2, -0.15) is 0 Å². The van der Waals surface area contributed by atoms with Crippen molar-refractivity contribution in [1.29, 1.82) is 0 Å². The Morgan fingerprint density at radius 1 is 0.571 bits per heavy atom. The van der Waals surface area contributed by atoms with E-state index in [1.165, 1.54) is 0 Å². The maximum Gasteiger partial charge on any atom is 0.138 e. The van der Waals surface area contributed by atoms with Crippen molar-refractivity contribution < 1.29 is 47.4 Å². The van der Waals surface area contributed by atoms with Crippen LogP contribution in [0, 0.1) is 0 Å². The summed E-state index contributed by atoms with van der Waals surface area (Å²) in [4.78, 5) is 0. The number of rotatable bonds is 11. The fraction of sp³-hybridized carbons (Fsp3) is 1.00. The molecule has 0 aromatic rings. The van der Waals surface area contributed by atoms with Crippen molar-refractivity contribution in [3.05, 3.63) is 0 Å². The molecule has 0 N–H and O–H groups in total. The van der Waals surface area contributed by atoms with E-state index in [4.69, 9.17) is 59.0 Å². The number of ether oxygens (including phenoxy) is 10.